The van der Waals surface area contributed by atoms with E-state index in [1.807, 2.05) is 64.6 Å². The molecule has 2 unspecified atom stereocenters. The van der Waals surface area contributed by atoms with E-state index in [2.05, 4.69) is 20.4 Å². The first-order valence-electron chi connectivity index (χ1n) is 10.2. The first-order valence-corrected chi connectivity index (χ1v) is 10.2. The van der Waals surface area contributed by atoms with Crippen LogP contribution in [0.2, 0.25) is 0 Å². The van der Waals surface area contributed by atoms with Crippen LogP contribution in [0.1, 0.15) is 35.4 Å². The molecule has 158 valence electrons. The van der Waals surface area contributed by atoms with Crippen molar-refractivity contribution in [1.29, 1.82) is 0 Å². The van der Waals surface area contributed by atoms with E-state index in [0.29, 0.717) is 26.1 Å². The number of ether oxygens (including phenoxy) is 1. The van der Waals surface area contributed by atoms with E-state index in [4.69, 9.17) is 4.74 Å². The molecule has 1 amide bonds. The number of hydrogen-bond acceptors (Lipinski definition) is 6. The Morgan fingerprint density at radius 1 is 1.27 bits per heavy atom. The summed E-state index contributed by atoms with van der Waals surface area (Å²) in [7, 11) is 1.59. The fraction of sp³-hybridized carbons (Fsp3) is 0.476. The molecule has 3 aromatic rings. The number of nitrogens with zero attached hydrogens (tertiary/aromatic N) is 7. The number of aromatic nitrogens is 6. The van der Waals surface area contributed by atoms with Crippen LogP contribution in [0.5, 0.6) is 0 Å². The molecule has 30 heavy (non-hydrogen) atoms. The zero-order valence-electron chi connectivity index (χ0n) is 17.6. The molecule has 9 heteroatoms. The van der Waals surface area contributed by atoms with E-state index in [-0.39, 0.29) is 11.9 Å². The quantitative estimate of drug-likeness (QED) is 0.588. The molecule has 0 spiro atoms. The normalized spacial score (nSPS) is 17.4. The zero-order valence-corrected chi connectivity index (χ0v) is 17.6. The number of rotatable bonds is 7. The minimum atomic E-state index is -0.476. The average Bonchev–Trinajstić information content (AvgIpc) is 3.47. The second-order valence-corrected chi connectivity index (χ2v) is 7.69. The predicted octanol–water partition coefficient (Wildman–Crippen LogP) is 1.57. The van der Waals surface area contributed by atoms with Crippen LogP contribution in [-0.2, 0) is 22.5 Å². The Kier molecular flexibility index (Phi) is 5.89. The molecule has 1 fully saturated rings. The van der Waals surface area contributed by atoms with Crippen molar-refractivity contribution < 1.29 is 9.53 Å². The summed E-state index contributed by atoms with van der Waals surface area (Å²) in [6, 6.07) is 10.1. The monoisotopic (exact) mass is 409 g/mol. The van der Waals surface area contributed by atoms with E-state index >= 15 is 0 Å². The Bertz CT molecular complexity index is 998. The van der Waals surface area contributed by atoms with Crippen LogP contribution >= 0.6 is 0 Å². The van der Waals surface area contributed by atoms with Crippen molar-refractivity contribution in [2.75, 3.05) is 20.2 Å². The zero-order chi connectivity index (χ0) is 21.1. The molecule has 0 bridgehead atoms. The smallest absolute Gasteiger partial charge is 0.252 e. The molecule has 1 aliphatic heterocycles. The van der Waals surface area contributed by atoms with Gasteiger partial charge < -0.3 is 9.64 Å². The summed E-state index contributed by atoms with van der Waals surface area (Å²) in [4.78, 5) is 19.2. The van der Waals surface area contributed by atoms with Gasteiger partial charge in [-0.05, 0) is 25.8 Å². The molecule has 1 aliphatic rings. The average molecular weight is 409 g/mol. The maximum Gasteiger partial charge on any atom is 0.252 e. The third kappa shape index (κ3) is 4.40. The summed E-state index contributed by atoms with van der Waals surface area (Å²) < 4.78 is 9.19. The minimum absolute atomic E-state index is 0.0258. The lowest BCUT2D eigenvalue weighted by atomic mass is 10.1. The summed E-state index contributed by atoms with van der Waals surface area (Å²) in [5, 5.41) is 12.9. The lowest BCUT2D eigenvalue weighted by molar-refractivity contribution is -0.140. The number of hydrogen-bond donors (Lipinski definition) is 0. The molecule has 2 atom stereocenters. The maximum atomic E-state index is 13.0. The van der Waals surface area contributed by atoms with Gasteiger partial charge in [-0.3, -0.25) is 4.79 Å². The SMILES string of the molecule is COC(Cc1ccccc1)C(=O)N1CCC(n2cc(Cn3nc(C)nc3C)nn2)C1. The van der Waals surface area contributed by atoms with Gasteiger partial charge in [-0.25, -0.2) is 14.3 Å². The summed E-state index contributed by atoms with van der Waals surface area (Å²) in [6.45, 7) is 5.62. The molecule has 9 nitrogen and oxygen atoms in total. The van der Waals surface area contributed by atoms with Crippen LogP contribution in [0.15, 0.2) is 36.5 Å². The van der Waals surface area contributed by atoms with Gasteiger partial charge in [0.1, 0.15) is 23.4 Å². The van der Waals surface area contributed by atoms with Crippen molar-refractivity contribution in [1.82, 2.24) is 34.7 Å². The van der Waals surface area contributed by atoms with Crippen LogP contribution in [0, 0.1) is 13.8 Å². The van der Waals surface area contributed by atoms with Gasteiger partial charge in [0.25, 0.3) is 5.91 Å². The number of carbonyl (C=O) groups excluding carboxylic acids is 1. The van der Waals surface area contributed by atoms with Crippen molar-refractivity contribution in [2.45, 2.75) is 45.4 Å². The van der Waals surface area contributed by atoms with Crippen molar-refractivity contribution >= 4 is 5.91 Å². The summed E-state index contributed by atoms with van der Waals surface area (Å²) >= 11 is 0. The molecular weight excluding hydrogens is 382 g/mol. The van der Waals surface area contributed by atoms with Crippen LogP contribution in [0.25, 0.3) is 0 Å². The molecule has 0 saturated carbocycles. The Labute approximate surface area is 175 Å². The molecule has 3 heterocycles. The number of carbonyl (C=O) groups is 1. The lowest BCUT2D eigenvalue weighted by Crippen LogP contribution is -2.40. The van der Waals surface area contributed by atoms with Gasteiger partial charge in [-0.1, -0.05) is 35.5 Å². The lowest BCUT2D eigenvalue weighted by Gasteiger charge is -2.22. The Morgan fingerprint density at radius 3 is 2.77 bits per heavy atom. The highest BCUT2D eigenvalue weighted by Crippen LogP contribution is 2.22. The predicted molar refractivity (Wildman–Crippen MR) is 110 cm³/mol. The third-order valence-corrected chi connectivity index (χ3v) is 5.51. The molecular formula is C21H27N7O2. The van der Waals surface area contributed by atoms with Crippen LogP contribution in [0.3, 0.4) is 0 Å². The van der Waals surface area contributed by atoms with Gasteiger partial charge in [-0.2, -0.15) is 5.10 Å². The molecule has 2 aromatic heterocycles. The van der Waals surface area contributed by atoms with E-state index in [1.165, 1.54) is 0 Å². The first kappa shape index (κ1) is 20.2. The first-order chi connectivity index (χ1) is 14.5. The number of likely N-dealkylation sites (tertiary alicyclic amines) is 1. The van der Waals surface area contributed by atoms with E-state index in [0.717, 1.165) is 29.3 Å². The topological polar surface area (TPSA) is 91.0 Å². The van der Waals surface area contributed by atoms with Crippen molar-refractivity contribution in [2.24, 2.45) is 0 Å². The van der Waals surface area contributed by atoms with Crippen molar-refractivity contribution in [3.63, 3.8) is 0 Å². The van der Waals surface area contributed by atoms with Crippen LogP contribution < -0.4 is 0 Å². The second-order valence-electron chi connectivity index (χ2n) is 7.69. The molecule has 1 saturated heterocycles. The number of methoxy groups -OCH3 is 1. The largest absolute Gasteiger partial charge is 0.371 e. The number of benzene rings is 1. The fourth-order valence-corrected chi connectivity index (χ4v) is 3.89. The Hall–Kier alpha value is -3.07. The minimum Gasteiger partial charge on any atom is -0.371 e. The van der Waals surface area contributed by atoms with Gasteiger partial charge in [0.2, 0.25) is 0 Å². The van der Waals surface area contributed by atoms with Gasteiger partial charge >= 0.3 is 0 Å². The fourth-order valence-electron chi connectivity index (χ4n) is 3.89. The number of amides is 1. The molecule has 4 rings (SSSR count). The summed E-state index contributed by atoms with van der Waals surface area (Å²) in [5.74, 6) is 1.62. The standard InChI is InChI=1S/C21H27N7O2/c1-15-22-16(2)27(24-15)12-18-13-28(25-23-18)19-9-10-26(14-19)21(29)20(30-3)11-17-7-5-4-6-8-17/h4-8,13,19-20H,9-12,14H2,1-3H3. The molecule has 0 N–H and O–H groups in total. The van der Waals surface area contributed by atoms with Crippen LogP contribution in [-0.4, -0.2) is 66.9 Å². The summed E-state index contributed by atoms with van der Waals surface area (Å²) in [6.07, 6.45) is 2.88. The van der Waals surface area contributed by atoms with Crippen LogP contribution in [0.4, 0.5) is 0 Å². The second kappa shape index (κ2) is 8.74. The van der Waals surface area contributed by atoms with Gasteiger partial charge in [0.15, 0.2) is 0 Å². The molecule has 0 aliphatic carbocycles. The third-order valence-electron chi connectivity index (χ3n) is 5.51. The Morgan fingerprint density at radius 2 is 2.07 bits per heavy atom. The highest BCUT2D eigenvalue weighted by Gasteiger charge is 2.32. The van der Waals surface area contributed by atoms with E-state index in [9.17, 15) is 4.79 Å². The van der Waals surface area contributed by atoms with Gasteiger partial charge in [0, 0.05) is 26.6 Å². The summed E-state index contributed by atoms with van der Waals surface area (Å²) in [5.41, 5.74) is 1.92. The highest BCUT2D eigenvalue weighted by molar-refractivity contribution is 5.81. The van der Waals surface area contributed by atoms with E-state index < -0.39 is 6.10 Å². The number of aryl methyl sites for hydroxylation is 2. The van der Waals surface area contributed by atoms with Gasteiger partial charge in [0.05, 0.1) is 18.8 Å². The highest BCUT2D eigenvalue weighted by atomic mass is 16.5. The van der Waals surface area contributed by atoms with Gasteiger partial charge in [-0.15, -0.1) is 5.10 Å². The Balaban J connectivity index is 1.37. The molecule has 1 aromatic carbocycles. The van der Waals surface area contributed by atoms with Crippen molar-refractivity contribution in [3.8, 4) is 0 Å². The molecule has 0 radical (unpaired) electrons. The maximum absolute atomic E-state index is 13.0. The van der Waals surface area contributed by atoms with Crippen molar-refractivity contribution in [3.05, 3.63) is 59.4 Å². The van der Waals surface area contributed by atoms with E-state index in [1.54, 1.807) is 7.11 Å².